The van der Waals surface area contributed by atoms with E-state index in [9.17, 15) is 9.59 Å². The van der Waals surface area contributed by atoms with Gasteiger partial charge in [0.1, 0.15) is 0 Å². The minimum Gasteiger partial charge on any atom is -0.359 e. The number of ether oxygens (including phenoxy) is 2. The summed E-state index contributed by atoms with van der Waals surface area (Å²) in [6, 6.07) is 16.8. The van der Waals surface area contributed by atoms with Gasteiger partial charge in [-0.25, -0.2) is 0 Å². The third-order valence-electron chi connectivity index (χ3n) is 6.53. The van der Waals surface area contributed by atoms with Gasteiger partial charge in [0.15, 0.2) is 11.6 Å². The van der Waals surface area contributed by atoms with Gasteiger partial charge in [0.25, 0.3) is 0 Å². The molecule has 0 amide bonds. The van der Waals surface area contributed by atoms with Crippen LogP contribution in [-0.4, -0.2) is 41.5 Å². The van der Waals surface area contributed by atoms with Crippen LogP contribution in [0.1, 0.15) is 27.5 Å². The molecule has 2 unspecified atom stereocenters. The molecule has 140 valence electrons. The number of hydrogen-bond acceptors (Lipinski definition) is 5. The SMILES string of the molecule is O=C1C2OCC(O2)[C@@H]2[C@@H]1[C@@H]1c3ccccc3C=CN1[C@H]2C(=O)c1ccccc1. The molecule has 0 aromatic heterocycles. The summed E-state index contributed by atoms with van der Waals surface area (Å²) in [5.74, 6) is -0.541. The molecule has 0 N–H and O–H groups in total. The standard InChI is InChI=1S/C23H19NO4/c25-21(14-7-2-1-3-8-14)20-17-16-12-27-23(28-16)22(26)18(17)19-15-9-5-4-6-13(15)10-11-24(19)20/h1-11,16-20,23H,12H2/t16?,17-,18-,19+,20-,23?/m1/s1. The minimum atomic E-state index is -0.795. The zero-order valence-corrected chi connectivity index (χ0v) is 15.1. The Balaban J connectivity index is 1.52. The highest BCUT2D eigenvalue weighted by Gasteiger charge is 2.63. The van der Waals surface area contributed by atoms with E-state index >= 15 is 0 Å². The van der Waals surface area contributed by atoms with E-state index in [1.54, 1.807) is 0 Å². The molecule has 28 heavy (non-hydrogen) atoms. The quantitative estimate of drug-likeness (QED) is 0.758. The van der Waals surface area contributed by atoms with E-state index in [-0.39, 0.29) is 35.5 Å². The highest BCUT2D eigenvalue weighted by Crippen LogP contribution is 2.54. The first-order valence-electron chi connectivity index (χ1n) is 9.68. The molecular formula is C23H19NO4. The Hall–Kier alpha value is -2.76. The van der Waals surface area contributed by atoms with Gasteiger partial charge in [-0.1, -0.05) is 54.6 Å². The fourth-order valence-electron chi connectivity index (χ4n) is 5.39. The van der Waals surface area contributed by atoms with E-state index in [1.807, 2.05) is 54.7 Å². The monoisotopic (exact) mass is 373 g/mol. The van der Waals surface area contributed by atoms with Crippen molar-refractivity contribution in [2.45, 2.75) is 24.5 Å². The van der Waals surface area contributed by atoms with Crippen LogP contribution in [0.3, 0.4) is 0 Å². The molecule has 4 aliphatic rings. The maximum Gasteiger partial charge on any atom is 0.218 e. The van der Waals surface area contributed by atoms with E-state index in [0.717, 1.165) is 11.1 Å². The second kappa shape index (κ2) is 5.87. The van der Waals surface area contributed by atoms with E-state index in [1.165, 1.54) is 0 Å². The van der Waals surface area contributed by atoms with Crippen molar-refractivity contribution >= 4 is 17.6 Å². The summed E-state index contributed by atoms with van der Waals surface area (Å²) in [5.41, 5.74) is 2.86. The molecule has 5 heteroatoms. The third kappa shape index (κ3) is 2.09. The number of hydrogen-bond donors (Lipinski definition) is 0. The van der Waals surface area contributed by atoms with Crippen molar-refractivity contribution in [1.82, 2.24) is 4.90 Å². The van der Waals surface area contributed by atoms with Gasteiger partial charge in [-0.05, 0) is 17.2 Å². The Kier molecular flexibility index (Phi) is 3.40. The fourth-order valence-corrected chi connectivity index (χ4v) is 5.39. The van der Waals surface area contributed by atoms with Crippen molar-refractivity contribution < 1.29 is 19.1 Å². The molecule has 0 aliphatic carbocycles. The van der Waals surface area contributed by atoms with Crippen molar-refractivity contribution in [2.75, 3.05) is 6.61 Å². The topological polar surface area (TPSA) is 55.8 Å². The number of fused-ring (bicyclic) bond motifs is 8. The Morgan fingerprint density at radius 1 is 1.04 bits per heavy atom. The number of carbonyl (C=O) groups excluding carboxylic acids is 2. The summed E-state index contributed by atoms with van der Waals surface area (Å²) in [7, 11) is 0. The number of Topliss-reactive ketones (excluding diaryl/α,β-unsaturated/α-hetero) is 2. The van der Waals surface area contributed by atoms with Gasteiger partial charge in [-0.3, -0.25) is 9.59 Å². The smallest absolute Gasteiger partial charge is 0.218 e. The van der Waals surface area contributed by atoms with Gasteiger partial charge in [0, 0.05) is 17.7 Å². The number of rotatable bonds is 2. The average molecular weight is 373 g/mol. The summed E-state index contributed by atoms with van der Waals surface area (Å²) in [5, 5.41) is 0. The first-order chi connectivity index (χ1) is 13.7. The Morgan fingerprint density at radius 3 is 2.68 bits per heavy atom. The lowest BCUT2D eigenvalue weighted by Crippen LogP contribution is -2.48. The van der Waals surface area contributed by atoms with Crippen LogP contribution in [0.5, 0.6) is 0 Å². The molecule has 0 spiro atoms. The summed E-state index contributed by atoms with van der Waals surface area (Å²) in [4.78, 5) is 28.9. The Labute approximate surface area is 162 Å². The zero-order chi connectivity index (χ0) is 18.8. The van der Waals surface area contributed by atoms with Crippen LogP contribution in [0.25, 0.3) is 6.08 Å². The van der Waals surface area contributed by atoms with Crippen molar-refractivity contribution in [3.63, 3.8) is 0 Å². The van der Waals surface area contributed by atoms with Crippen molar-refractivity contribution in [1.29, 1.82) is 0 Å². The molecule has 2 bridgehead atoms. The molecule has 4 aliphatic heterocycles. The maximum absolute atomic E-state index is 13.6. The number of nitrogens with zero attached hydrogens (tertiary/aromatic N) is 1. The van der Waals surface area contributed by atoms with E-state index in [4.69, 9.17) is 9.47 Å². The van der Waals surface area contributed by atoms with Crippen LogP contribution in [0, 0.1) is 11.8 Å². The van der Waals surface area contributed by atoms with Crippen LogP contribution in [0.2, 0.25) is 0 Å². The molecular weight excluding hydrogens is 354 g/mol. The van der Waals surface area contributed by atoms with Crippen molar-refractivity contribution in [3.8, 4) is 0 Å². The molecule has 6 rings (SSSR count). The molecule has 0 radical (unpaired) electrons. The molecule has 2 aromatic carbocycles. The molecule has 0 saturated carbocycles. The lowest BCUT2D eigenvalue weighted by atomic mass is 9.75. The van der Waals surface area contributed by atoms with Gasteiger partial charge in [0.05, 0.1) is 30.7 Å². The first kappa shape index (κ1) is 16.2. The second-order valence-corrected chi connectivity index (χ2v) is 7.86. The second-order valence-electron chi connectivity index (χ2n) is 7.86. The highest BCUT2D eigenvalue weighted by molar-refractivity contribution is 6.02. The highest BCUT2D eigenvalue weighted by atomic mass is 16.7. The molecule has 3 fully saturated rings. The van der Waals surface area contributed by atoms with Gasteiger partial charge < -0.3 is 14.4 Å². The average Bonchev–Trinajstić information content (AvgIpc) is 3.33. The summed E-state index contributed by atoms with van der Waals surface area (Å²) in [6.07, 6.45) is 2.99. The molecule has 5 nitrogen and oxygen atoms in total. The van der Waals surface area contributed by atoms with Crippen molar-refractivity contribution in [2.24, 2.45) is 11.8 Å². The predicted molar refractivity (Wildman–Crippen MR) is 101 cm³/mol. The largest absolute Gasteiger partial charge is 0.359 e. The third-order valence-corrected chi connectivity index (χ3v) is 6.53. The summed E-state index contributed by atoms with van der Waals surface area (Å²) in [6.45, 7) is 0.363. The number of carbonyl (C=O) groups is 2. The van der Waals surface area contributed by atoms with Crippen molar-refractivity contribution in [3.05, 3.63) is 77.5 Å². The Morgan fingerprint density at radius 2 is 1.82 bits per heavy atom. The van der Waals surface area contributed by atoms with E-state index in [2.05, 4.69) is 17.0 Å². The maximum atomic E-state index is 13.6. The van der Waals surface area contributed by atoms with Gasteiger partial charge >= 0.3 is 0 Å². The van der Waals surface area contributed by atoms with Crippen LogP contribution in [-0.2, 0) is 14.3 Å². The van der Waals surface area contributed by atoms with Gasteiger partial charge in [-0.2, -0.15) is 0 Å². The van der Waals surface area contributed by atoms with Gasteiger partial charge in [0.2, 0.25) is 6.29 Å². The number of ketones is 2. The van der Waals surface area contributed by atoms with Crippen LogP contribution < -0.4 is 0 Å². The Bertz CT molecular complexity index is 1000. The molecule has 3 saturated heterocycles. The summed E-state index contributed by atoms with van der Waals surface area (Å²) >= 11 is 0. The molecule has 2 aromatic rings. The fraction of sp³-hybridized carbons (Fsp3) is 0.304. The lowest BCUT2D eigenvalue weighted by molar-refractivity contribution is -0.164. The predicted octanol–water partition coefficient (Wildman–Crippen LogP) is 2.84. The molecule has 6 atom stereocenters. The van der Waals surface area contributed by atoms with E-state index in [0.29, 0.717) is 12.2 Å². The van der Waals surface area contributed by atoms with Crippen LogP contribution >= 0.6 is 0 Å². The van der Waals surface area contributed by atoms with Gasteiger partial charge in [-0.15, -0.1) is 0 Å². The zero-order valence-electron chi connectivity index (χ0n) is 15.1. The molecule has 4 heterocycles. The number of benzene rings is 2. The van der Waals surface area contributed by atoms with Crippen LogP contribution in [0.15, 0.2) is 60.8 Å². The van der Waals surface area contributed by atoms with Crippen LogP contribution in [0.4, 0.5) is 0 Å². The normalized spacial score (nSPS) is 34.7. The first-order valence-corrected chi connectivity index (χ1v) is 9.68. The lowest BCUT2D eigenvalue weighted by Gasteiger charge is -2.34. The minimum absolute atomic E-state index is 0.0314. The van der Waals surface area contributed by atoms with E-state index < -0.39 is 12.3 Å². The summed E-state index contributed by atoms with van der Waals surface area (Å²) < 4.78 is 11.5.